The Bertz CT molecular complexity index is 872. The van der Waals surface area contributed by atoms with Gasteiger partial charge < -0.3 is 0 Å². The van der Waals surface area contributed by atoms with Crippen LogP contribution in [-0.4, -0.2) is 0 Å². The number of halogens is 5. The van der Waals surface area contributed by atoms with Gasteiger partial charge in [0.15, 0.2) is 23.3 Å². The average molecular weight is 322 g/mol. The molecule has 0 aromatic heterocycles. The second kappa shape index (κ2) is 5.65. The van der Waals surface area contributed by atoms with Crippen molar-refractivity contribution in [1.29, 1.82) is 0 Å². The molecule has 3 aromatic rings. The fraction of sp³-hybridized carbons (Fsp3) is 0.111. The van der Waals surface area contributed by atoms with E-state index in [9.17, 15) is 22.0 Å². The Morgan fingerprint density at radius 2 is 1.17 bits per heavy atom. The maximum absolute atomic E-state index is 13.9. The molecular weight excluding hydrogens is 311 g/mol. The van der Waals surface area contributed by atoms with Crippen molar-refractivity contribution in [3.05, 3.63) is 82.7 Å². The van der Waals surface area contributed by atoms with Crippen LogP contribution >= 0.6 is 0 Å². The molecule has 3 rings (SSSR count). The monoisotopic (exact) mass is 322 g/mol. The summed E-state index contributed by atoms with van der Waals surface area (Å²) in [6.07, 6.45) is 0. The molecule has 3 aromatic carbocycles. The molecule has 0 aliphatic heterocycles. The summed E-state index contributed by atoms with van der Waals surface area (Å²) in [7, 11) is 0. The van der Waals surface area contributed by atoms with Gasteiger partial charge in [-0.15, -0.1) is 0 Å². The molecule has 0 N–H and O–H groups in total. The highest BCUT2D eigenvalue weighted by molar-refractivity contribution is 5.83. The van der Waals surface area contributed by atoms with Crippen LogP contribution in [0.25, 0.3) is 10.8 Å². The van der Waals surface area contributed by atoms with E-state index < -0.39 is 40.6 Å². The van der Waals surface area contributed by atoms with E-state index in [0.29, 0.717) is 5.56 Å². The van der Waals surface area contributed by atoms with Gasteiger partial charge in [0.25, 0.3) is 0 Å². The minimum Gasteiger partial charge on any atom is -0.203 e. The molecule has 0 fully saturated rings. The summed E-state index contributed by atoms with van der Waals surface area (Å²) in [5.41, 5.74) is -0.358. The highest BCUT2D eigenvalue weighted by Gasteiger charge is 2.29. The predicted molar refractivity (Wildman–Crippen MR) is 77.7 cm³/mol. The first kappa shape index (κ1) is 15.5. The van der Waals surface area contributed by atoms with Gasteiger partial charge in [-0.05, 0) is 16.3 Å². The quantitative estimate of drug-likeness (QED) is 0.323. The fourth-order valence-electron chi connectivity index (χ4n) is 2.65. The molecule has 0 spiro atoms. The van der Waals surface area contributed by atoms with Crippen LogP contribution in [0.4, 0.5) is 22.0 Å². The Hall–Kier alpha value is -2.43. The molecule has 0 heterocycles. The number of benzene rings is 3. The zero-order valence-corrected chi connectivity index (χ0v) is 12.0. The minimum absolute atomic E-state index is 0.465. The van der Waals surface area contributed by atoms with Gasteiger partial charge >= 0.3 is 0 Å². The van der Waals surface area contributed by atoms with Gasteiger partial charge in [-0.3, -0.25) is 0 Å². The topological polar surface area (TPSA) is 0 Å². The van der Waals surface area contributed by atoms with E-state index in [1.54, 1.807) is 24.3 Å². The van der Waals surface area contributed by atoms with Crippen LogP contribution in [0.5, 0.6) is 0 Å². The van der Waals surface area contributed by atoms with E-state index in [0.717, 1.165) is 10.8 Å². The van der Waals surface area contributed by atoms with Crippen molar-refractivity contribution < 1.29 is 22.0 Å². The first-order chi connectivity index (χ1) is 10.9. The molecule has 0 nitrogen and oxygen atoms in total. The number of hydrogen-bond donors (Lipinski definition) is 0. The summed E-state index contributed by atoms with van der Waals surface area (Å²) in [6, 6.07) is 12.4. The lowest BCUT2D eigenvalue weighted by Crippen LogP contribution is -2.10. The van der Waals surface area contributed by atoms with Gasteiger partial charge in [-0.1, -0.05) is 49.4 Å². The fourth-order valence-corrected chi connectivity index (χ4v) is 2.65. The maximum atomic E-state index is 13.9. The molecule has 1 unspecified atom stereocenters. The maximum Gasteiger partial charge on any atom is 0.200 e. The van der Waals surface area contributed by atoms with Gasteiger partial charge in [0.05, 0.1) is 0 Å². The molecule has 118 valence electrons. The summed E-state index contributed by atoms with van der Waals surface area (Å²) in [5.74, 6) is -10.6. The number of rotatable bonds is 2. The van der Waals surface area contributed by atoms with E-state index >= 15 is 0 Å². The Morgan fingerprint density at radius 1 is 0.652 bits per heavy atom. The summed E-state index contributed by atoms with van der Waals surface area (Å²) < 4.78 is 67.7. The predicted octanol–water partition coefficient (Wildman–Crippen LogP) is 5.69. The smallest absolute Gasteiger partial charge is 0.200 e. The molecule has 0 amide bonds. The zero-order chi connectivity index (χ0) is 16.7. The Labute approximate surface area is 129 Å². The Kier molecular flexibility index (Phi) is 3.80. The van der Waals surface area contributed by atoms with Gasteiger partial charge in [0.2, 0.25) is 5.82 Å². The molecule has 23 heavy (non-hydrogen) atoms. The van der Waals surface area contributed by atoms with E-state index in [2.05, 4.69) is 0 Å². The standard InChI is InChI=1S/C18H11F5/c1-9(11-7-6-10-4-2-3-5-12(10)8-11)13-14(19)16(21)18(23)17(22)15(13)20/h2-9H,1H3. The largest absolute Gasteiger partial charge is 0.203 e. The molecule has 0 aliphatic carbocycles. The van der Waals surface area contributed by atoms with Crippen molar-refractivity contribution in [2.24, 2.45) is 0 Å². The lowest BCUT2D eigenvalue weighted by molar-refractivity contribution is 0.368. The van der Waals surface area contributed by atoms with Crippen LogP contribution in [0.1, 0.15) is 24.0 Å². The van der Waals surface area contributed by atoms with Crippen molar-refractivity contribution in [2.45, 2.75) is 12.8 Å². The Balaban J connectivity index is 2.17. The number of hydrogen-bond acceptors (Lipinski definition) is 0. The Morgan fingerprint density at radius 3 is 1.78 bits per heavy atom. The van der Waals surface area contributed by atoms with Gasteiger partial charge in [0, 0.05) is 11.5 Å². The first-order valence-corrected chi connectivity index (χ1v) is 6.91. The lowest BCUT2D eigenvalue weighted by Gasteiger charge is -2.16. The van der Waals surface area contributed by atoms with Crippen LogP contribution in [0.15, 0.2) is 42.5 Å². The second-order valence-electron chi connectivity index (χ2n) is 5.31. The molecule has 1 atom stereocenters. The highest BCUT2D eigenvalue weighted by Crippen LogP contribution is 2.33. The number of fused-ring (bicyclic) bond motifs is 1. The van der Waals surface area contributed by atoms with Crippen LogP contribution in [0.3, 0.4) is 0 Å². The van der Waals surface area contributed by atoms with Crippen LogP contribution < -0.4 is 0 Å². The SMILES string of the molecule is CC(c1ccc2ccccc2c1)c1c(F)c(F)c(F)c(F)c1F. The summed E-state index contributed by atoms with van der Waals surface area (Å²) in [5, 5.41) is 1.74. The van der Waals surface area contributed by atoms with Crippen molar-refractivity contribution in [2.75, 3.05) is 0 Å². The lowest BCUT2D eigenvalue weighted by atomic mass is 9.90. The molecule has 0 radical (unpaired) electrons. The van der Waals surface area contributed by atoms with E-state index in [1.807, 2.05) is 18.2 Å². The van der Waals surface area contributed by atoms with Crippen molar-refractivity contribution in [1.82, 2.24) is 0 Å². The van der Waals surface area contributed by atoms with Crippen LogP contribution in [-0.2, 0) is 0 Å². The summed E-state index contributed by atoms with van der Waals surface area (Å²) in [4.78, 5) is 0. The molecule has 0 aliphatic rings. The molecular formula is C18H11F5. The highest BCUT2D eigenvalue weighted by atomic mass is 19.2. The van der Waals surface area contributed by atoms with Crippen molar-refractivity contribution in [3.8, 4) is 0 Å². The first-order valence-electron chi connectivity index (χ1n) is 6.91. The van der Waals surface area contributed by atoms with Gasteiger partial charge in [-0.25, -0.2) is 22.0 Å². The molecule has 0 saturated carbocycles. The van der Waals surface area contributed by atoms with E-state index in [1.165, 1.54) is 6.92 Å². The third-order valence-corrected chi connectivity index (χ3v) is 3.95. The molecule has 5 heteroatoms. The van der Waals surface area contributed by atoms with Crippen molar-refractivity contribution in [3.63, 3.8) is 0 Å². The zero-order valence-electron chi connectivity index (χ0n) is 12.0. The third-order valence-electron chi connectivity index (χ3n) is 3.95. The summed E-state index contributed by atoms with van der Waals surface area (Å²) in [6.45, 7) is 1.41. The molecule has 0 saturated heterocycles. The minimum atomic E-state index is -2.14. The average Bonchev–Trinajstić information content (AvgIpc) is 2.57. The van der Waals surface area contributed by atoms with Crippen LogP contribution in [0.2, 0.25) is 0 Å². The van der Waals surface area contributed by atoms with Crippen molar-refractivity contribution >= 4 is 10.8 Å². The van der Waals surface area contributed by atoms with E-state index in [-0.39, 0.29) is 0 Å². The van der Waals surface area contributed by atoms with Gasteiger partial charge in [0.1, 0.15) is 0 Å². The third kappa shape index (κ3) is 2.46. The molecule has 0 bridgehead atoms. The normalized spacial score (nSPS) is 12.6. The van der Waals surface area contributed by atoms with Crippen LogP contribution in [0, 0.1) is 29.1 Å². The van der Waals surface area contributed by atoms with E-state index in [4.69, 9.17) is 0 Å². The van der Waals surface area contributed by atoms with Gasteiger partial charge in [-0.2, -0.15) is 0 Å². The summed E-state index contributed by atoms with van der Waals surface area (Å²) >= 11 is 0. The second-order valence-corrected chi connectivity index (χ2v) is 5.31.